The Bertz CT molecular complexity index is 275. The summed E-state index contributed by atoms with van der Waals surface area (Å²) in [5, 5.41) is 0. The van der Waals surface area contributed by atoms with Crippen molar-refractivity contribution in [2.45, 2.75) is 6.42 Å². The molecule has 0 radical (unpaired) electrons. The van der Waals surface area contributed by atoms with Crippen LogP contribution in [0.15, 0.2) is 24.3 Å². The summed E-state index contributed by atoms with van der Waals surface area (Å²) in [6.45, 7) is 0. The van der Waals surface area contributed by atoms with Gasteiger partial charge in [0.15, 0.2) is 5.78 Å². The molecule has 0 amide bonds. The van der Waals surface area contributed by atoms with Crippen molar-refractivity contribution >= 4 is 5.78 Å². The number of carbonyl (C=O) groups excluding carboxylic acids is 1. The van der Waals surface area contributed by atoms with Crippen molar-refractivity contribution in [1.82, 2.24) is 0 Å². The van der Waals surface area contributed by atoms with Gasteiger partial charge in [0, 0.05) is 5.92 Å². The van der Waals surface area contributed by atoms with E-state index in [2.05, 4.69) is 18.2 Å². The Labute approximate surface area is 65.8 Å². The van der Waals surface area contributed by atoms with E-state index in [0.29, 0.717) is 29.5 Å². The SMILES string of the molecule is O=C1C=C[C@H]2[C@@H]3C=CC[C@@H]3[C@@H]12. The highest BCUT2D eigenvalue weighted by Crippen LogP contribution is 2.55. The van der Waals surface area contributed by atoms with Crippen LogP contribution in [0, 0.1) is 23.7 Å². The molecule has 0 aromatic heterocycles. The molecule has 0 aromatic carbocycles. The van der Waals surface area contributed by atoms with Gasteiger partial charge in [0.25, 0.3) is 0 Å². The van der Waals surface area contributed by atoms with E-state index in [-0.39, 0.29) is 0 Å². The number of fused-ring (bicyclic) bond motifs is 4. The van der Waals surface area contributed by atoms with Crippen LogP contribution >= 0.6 is 0 Å². The molecule has 0 aliphatic heterocycles. The topological polar surface area (TPSA) is 17.1 Å². The van der Waals surface area contributed by atoms with E-state index < -0.39 is 0 Å². The Morgan fingerprint density at radius 2 is 2.18 bits per heavy atom. The molecule has 0 saturated heterocycles. The Morgan fingerprint density at radius 3 is 3.09 bits per heavy atom. The Kier molecular flexibility index (Phi) is 0.867. The largest absolute Gasteiger partial charge is 0.295 e. The Morgan fingerprint density at radius 1 is 1.27 bits per heavy atom. The van der Waals surface area contributed by atoms with E-state index in [9.17, 15) is 4.79 Å². The number of hydrogen-bond donors (Lipinski definition) is 0. The molecule has 1 heteroatoms. The molecule has 3 aliphatic rings. The first-order chi connectivity index (χ1) is 5.38. The van der Waals surface area contributed by atoms with Crippen LogP contribution in [-0.2, 0) is 4.79 Å². The van der Waals surface area contributed by atoms with Gasteiger partial charge in [-0.15, -0.1) is 0 Å². The molecule has 4 atom stereocenters. The van der Waals surface area contributed by atoms with Gasteiger partial charge in [-0.1, -0.05) is 18.2 Å². The summed E-state index contributed by atoms with van der Waals surface area (Å²) < 4.78 is 0. The minimum atomic E-state index is 0.370. The van der Waals surface area contributed by atoms with Gasteiger partial charge >= 0.3 is 0 Å². The predicted octanol–water partition coefficient (Wildman–Crippen LogP) is 1.56. The highest BCUT2D eigenvalue weighted by atomic mass is 16.1. The fraction of sp³-hybridized carbons (Fsp3) is 0.500. The molecule has 0 bridgehead atoms. The van der Waals surface area contributed by atoms with Gasteiger partial charge in [-0.05, 0) is 30.3 Å². The first-order valence-corrected chi connectivity index (χ1v) is 4.26. The molecule has 0 N–H and O–H groups in total. The monoisotopic (exact) mass is 146 g/mol. The molecule has 0 heterocycles. The van der Waals surface area contributed by atoms with Gasteiger partial charge in [0.05, 0.1) is 0 Å². The van der Waals surface area contributed by atoms with Gasteiger partial charge < -0.3 is 0 Å². The van der Waals surface area contributed by atoms with Crippen molar-refractivity contribution < 1.29 is 4.79 Å². The van der Waals surface area contributed by atoms with Crippen LogP contribution in [0.2, 0.25) is 0 Å². The van der Waals surface area contributed by atoms with Crippen molar-refractivity contribution in [3.8, 4) is 0 Å². The molecule has 3 rings (SSSR count). The summed E-state index contributed by atoms with van der Waals surface area (Å²) >= 11 is 0. The smallest absolute Gasteiger partial charge is 0.159 e. The molecular weight excluding hydrogens is 136 g/mol. The molecule has 3 aliphatic carbocycles. The molecule has 1 fully saturated rings. The maximum absolute atomic E-state index is 11.3. The summed E-state index contributed by atoms with van der Waals surface area (Å²) in [6, 6.07) is 0. The maximum atomic E-state index is 11.3. The van der Waals surface area contributed by atoms with E-state index in [1.54, 1.807) is 6.08 Å². The number of ketones is 1. The summed E-state index contributed by atoms with van der Waals surface area (Å²) in [4.78, 5) is 11.3. The molecular formula is C10H10O. The van der Waals surface area contributed by atoms with Crippen molar-refractivity contribution in [2.24, 2.45) is 23.7 Å². The number of allylic oxidation sites excluding steroid dienone is 4. The van der Waals surface area contributed by atoms with Crippen LogP contribution in [-0.4, -0.2) is 5.78 Å². The van der Waals surface area contributed by atoms with E-state index in [0.717, 1.165) is 6.42 Å². The minimum Gasteiger partial charge on any atom is -0.295 e. The minimum absolute atomic E-state index is 0.370. The molecule has 0 spiro atoms. The Hall–Kier alpha value is -0.850. The molecule has 0 aromatic rings. The van der Waals surface area contributed by atoms with Crippen LogP contribution in [0.3, 0.4) is 0 Å². The summed E-state index contributed by atoms with van der Waals surface area (Å²) in [7, 11) is 0. The zero-order valence-corrected chi connectivity index (χ0v) is 6.23. The maximum Gasteiger partial charge on any atom is 0.159 e. The summed E-state index contributed by atoms with van der Waals surface area (Å²) in [5.74, 6) is 2.70. The molecule has 56 valence electrons. The summed E-state index contributed by atoms with van der Waals surface area (Å²) in [5.41, 5.74) is 0. The van der Waals surface area contributed by atoms with Gasteiger partial charge in [0.2, 0.25) is 0 Å². The number of hydrogen-bond acceptors (Lipinski definition) is 1. The lowest BCUT2D eigenvalue weighted by Crippen LogP contribution is -2.43. The second kappa shape index (κ2) is 1.66. The number of carbonyl (C=O) groups is 1. The van der Waals surface area contributed by atoms with Gasteiger partial charge in [0.1, 0.15) is 0 Å². The Balaban J connectivity index is 1.97. The standard InChI is InChI=1S/C10H10O/c11-9-5-4-8-6-2-1-3-7(6)10(8)9/h1-2,4-8,10H,3H2/t6-,7+,8+,10-/m1/s1. The lowest BCUT2D eigenvalue weighted by molar-refractivity contribution is -0.125. The van der Waals surface area contributed by atoms with Crippen molar-refractivity contribution in [3.63, 3.8) is 0 Å². The third-order valence-electron chi connectivity index (χ3n) is 3.39. The zero-order chi connectivity index (χ0) is 7.42. The predicted molar refractivity (Wildman–Crippen MR) is 41.9 cm³/mol. The van der Waals surface area contributed by atoms with Crippen LogP contribution in [0.1, 0.15) is 6.42 Å². The van der Waals surface area contributed by atoms with E-state index in [4.69, 9.17) is 0 Å². The first kappa shape index (κ1) is 5.76. The second-order valence-corrected chi connectivity index (χ2v) is 3.77. The van der Waals surface area contributed by atoms with E-state index >= 15 is 0 Å². The lowest BCUT2D eigenvalue weighted by atomic mass is 9.59. The van der Waals surface area contributed by atoms with E-state index in [1.165, 1.54) is 0 Å². The van der Waals surface area contributed by atoms with E-state index in [1.807, 2.05) is 0 Å². The quantitative estimate of drug-likeness (QED) is 0.474. The average Bonchev–Trinajstić information content (AvgIpc) is 2.43. The van der Waals surface area contributed by atoms with Crippen LogP contribution in [0.4, 0.5) is 0 Å². The third-order valence-corrected chi connectivity index (χ3v) is 3.39. The fourth-order valence-corrected chi connectivity index (χ4v) is 2.84. The molecule has 11 heavy (non-hydrogen) atoms. The highest BCUT2D eigenvalue weighted by molar-refractivity contribution is 5.96. The van der Waals surface area contributed by atoms with Crippen LogP contribution in [0.5, 0.6) is 0 Å². The first-order valence-electron chi connectivity index (χ1n) is 4.26. The summed E-state index contributed by atoms with van der Waals surface area (Å²) in [6.07, 6.45) is 9.54. The third kappa shape index (κ3) is 0.515. The zero-order valence-electron chi connectivity index (χ0n) is 6.23. The van der Waals surface area contributed by atoms with Crippen LogP contribution < -0.4 is 0 Å². The van der Waals surface area contributed by atoms with Crippen molar-refractivity contribution in [1.29, 1.82) is 0 Å². The van der Waals surface area contributed by atoms with Crippen LogP contribution in [0.25, 0.3) is 0 Å². The lowest BCUT2D eigenvalue weighted by Gasteiger charge is -2.43. The fourth-order valence-electron chi connectivity index (χ4n) is 2.84. The van der Waals surface area contributed by atoms with Crippen molar-refractivity contribution in [3.05, 3.63) is 24.3 Å². The second-order valence-electron chi connectivity index (χ2n) is 3.77. The van der Waals surface area contributed by atoms with Crippen molar-refractivity contribution in [2.75, 3.05) is 0 Å². The highest BCUT2D eigenvalue weighted by Gasteiger charge is 2.53. The van der Waals surface area contributed by atoms with Gasteiger partial charge in [-0.3, -0.25) is 4.79 Å². The normalized spacial score (nSPS) is 50.7. The van der Waals surface area contributed by atoms with Gasteiger partial charge in [-0.25, -0.2) is 0 Å². The molecule has 0 unspecified atom stereocenters. The van der Waals surface area contributed by atoms with Gasteiger partial charge in [-0.2, -0.15) is 0 Å². The molecule has 1 saturated carbocycles. The number of rotatable bonds is 0. The molecule has 1 nitrogen and oxygen atoms in total. The average molecular weight is 146 g/mol.